The molecule has 0 bridgehead atoms. The minimum Gasteiger partial charge on any atom is -0.481 e. The van der Waals surface area contributed by atoms with Crippen molar-refractivity contribution >= 4 is 5.97 Å². The third-order valence-electron chi connectivity index (χ3n) is 2.61. The number of halogens is 1. The number of carboxylic acid groups (broad SMARTS) is 1. The average Bonchev–Trinajstić information content (AvgIpc) is 2.94. The molecule has 14 heavy (non-hydrogen) atoms. The molecule has 1 aliphatic rings. The highest BCUT2D eigenvalue weighted by molar-refractivity contribution is 5.83. The van der Waals surface area contributed by atoms with Gasteiger partial charge >= 0.3 is 5.97 Å². The summed E-state index contributed by atoms with van der Waals surface area (Å²) in [5.74, 6) is -1.21. The van der Waals surface area contributed by atoms with Crippen LogP contribution in [0.3, 0.4) is 0 Å². The van der Waals surface area contributed by atoms with Crippen molar-refractivity contribution in [1.29, 1.82) is 0 Å². The van der Waals surface area contributed by atoms with Gasteiger partial charge in [0.15, 0.2) is 0 Å². The number of carboxylic acids is 1. The maximum Gasteiger partial charge on any atom is 0.314 e. The van der Waals surface area contributed by atoms with E-state index in [1.807, 2.05) is 0 Å². The minimum atomic E-state index is -0.924. The average molecular weight is 198 g/mol. The first kappa shape index (κ1) is 11.0. The molecule has 0 amide bonds. The first-order valence-electron chi connectivity index (χ1n) is 4.83. The number of rotatable bonds is 4. The van der Waals surface area contributed by atoms with Crippen molar-refractivity contribution in [3.8, 4) is 0 Å². The van der Waals surface area contributed by atoms with E-state index in [0.717, 1.165) is 0 Å². The highest BCUT2D eigenvalue weighted by Gasteiger charge is 2.53. The molecule has 2 nitrogen and oxygen atoms in total. The van der Waals surface area contributed by atoms with Crippen LogP contribution in [0.1, 0.15) is 33.1 Å². The second-order valence-corrected chi connectivity index (χ2v) is 3.56. The summed E-state index contributed by atoms with van der Waals surface area (Å²) in [6.07, 6.45) is 4.63. The molecule has 0 spiro atoms. The van der Waals surface area contributed by atoms with E-state index in [-0.39, 0.29) is 12.2 Å². The smallest absolute Gasteiger partial charge is 0.314 e. The topological polar surface area (TPSA) is 37.3 Å². The Labute approximate surface area is 83.1 Å². The molecule has 78 valence electrons. The fourth-order valence-electron chi connectivity index (χ4n) is 1.59. The van der Waals surface area contributed by atoms with Gasteiger partial charge in [0.05, 0.1) is 5.41 Å². The molecular formula is C11H15FO2. The van der Waals surface area contributed by atoms with Crippen LogP contribution in [0.25, 0.3) is 0 Å². The Bertz CT molecular complexity index is 298. The van der Waals surface area contributed by atoms with Crippen molar-refractivity contribution in [2.75, 3.05) is 0 Å². The molecule has 0 unspecified atom stereocenters. The molecule has 0 aromatic heterocycles. The van der Waals surface area contributed by atoms with Crippen molar-refractivity contribution in [1.82, 2.24) is 0 Å². The Morgan fingerprint density at radius 3 is 2.43 bits per heavy atom. The Morgan fingerprint density at radius 2 is 2.14 bits per heavy atom. The molecule has 3 heteroatoms. The Kier molecular flexibility index (Phi) is 3.09. The maximum absolute atomic E-state index is 13.4. The van der Waals surface area contributed by atoms with Crippen LogP contribution in [-0.4, -0.2) is 11.1 Å². The molecule has 1 fully saturated rings. The van der Waals surface area contributed by atoms with Gasteiger partial charge in [0.1, 0.15) is 5.83 Å². The summed E-state index contributed by atoms with van der Waals surface area (Å²) in [5.41, 5.74) is -0.568. The van der Waals surface area contributed by atoms with Crippen molar-refractivity contribution in [2.45, 2.75) is 33.1 Å². The van der Waals surface area contributed by atoms with Crippen LogP contribution in [0, 0.1) is 5.41 Å². The zero-order valence-corrected chi connectivity index (χ0v) is 8.51. The molecule has 0 atom stereocenters. The highest BCUT2D eigenvalue weighted by Crippen LogP contribution is 2.54. The summed E-state index contributed by atoms with van der Waals surface area (Å²) in [5, 5.41) is 9.01. The van der Waals surface area contributed by atoms with Gasteiger partial charge in [0.2, 0.25) is 0 Å². The molecule has 1 aliphatic carbocycles. The fraction of sp³-hybridized carbons (Fsp3) is 0.545. The van der Waals surface area contributed by atoms with Gasteiger partial charge in [-0.1, -0.05) is 19.1 Å². The van der Waals surface area contributed by atoms with Crippen molar-refractivity contribution in [3.63, 3.8) is 0 Å². The Hall–Kier alpha value is -1.12. The molecule has 1 N–H and O–H groups in total. The monoisotopic (exact) mass is 198 g/mol. The van der Waals surface area contributed by atoms with Crippen LogP contribution < -0.4 is 0 Å². The molecule has 0 radical (unpaired) electrons. The number of aliphatic carboxylic acids is 1. The van der Waals surface area contributed by atoms with Gasteiger partial charge in [-0.15, -0.1) is 0 Å². The van der Waals surface area contributed by atoms with Gasteiger partial charge in [-0.05, 0) is 26.2 Å². The molecule has 0 aliphatic heterocycles. The summed E-state index contributed by atoms with van der Waals surface area (Å²) in [6, 6.07) is 0. The number of hydrogen-bond donors (Lipinski definition) is 1. The zero-order valence-electron chi connectivity index (χ0n) is 8.51. The van der Waals surface area contributed by atoms with Gasteiger partial charge in [-0.2, -0.15) is 0 Å². The summed E-state index contributed by atoms with van der Waals surface area (Å²) in [7, 11) is 0. The molecule has 0 aromatic carbocycles. The largest absolute Gasteiger partial charge is 0.481 e. The summed E-state index contributed by atoms with van der Waals surface area (Å²) in [6.45, 7) is 3.46. The summed E-state index contributed by atoms with van der Waals surface area (Å²) >= 11 is 0. The SMILES string of the molecule is C/C=C\C(=C(\F)CC)C1(C(=O)O)CC1. The predicted molar refractivity (Wildman–Crippen MR) is 52.5 cm³/mol. The lowest BCUT2D eigenvalue weighted by Crippen LogP contribution is -2.17. The second kappa shape index (κ2) is 3.95. The van der Waals surface area contributed by atoms with Crippen LogP contribution in [0.2, 0.25) is 0 Å². The van der Waals surface area contributed by atoms with Gasteiger partial charge in [0.25, 0.3) is 0 Å². The van der Waals surface area contributed by atoms with E-state index in [1.165, 1.54) is 0 Å². The zero-order chi connectivity index (χ0) is 10.8. The normalized spacial score (nSPS) is 20.8. The fourth-order valence-corrected chi connectivity index (χ4v) is 1.59. The van der Waals surface area contributed by atoms with Crippen LogP contribution in [0.5, 0.6) is 0 Å². The molecule has 1 rings (SSSR count). The Balaban J connectivity index is 3.07. The number of hydrogen-bond acceptors (Lipinski definition) is 1. The highest BCUT2D eigenvalue weighted by atomic mass is 19.1. The minimum absolute atomic E-state index is 0.259. The molecule has 1 saturated carbocycles. The second-order valence-electron chi connectivity index (χ2n) is 3.56. The number of carbonyl (C=O) groups is 1. The molecule has 0 heterocycles. The quantitative estimate of drug-likeness (QED) is 0.705. The third kappa shape index (κ3) is 1.72. The van der Waals surface area contributed by atoms with E-state index in [0.29, 0.717) is 18.4 Å². The van der Waals surface area contributed by atoms with E-state index in [4.69, 9.17) is 5.11 Å². The standard InChI is InChI=1S/C11H15FO2/c1-3-5-8(9(12)4-2)11(6-7-11)10(13)14/h3,5H,4,6-7H2,1-2H3,(H,13,14)/b5-3-,9-8-. The molecule has 0 aromatic rings. The molecular weight excluding hydrogens is 183 g/mol. The summed E-state index contributed by atoms with van der Waals surface area (Å²) in [4.78, 5) is 11.0. The predicted octanol–water partition coefficient (Wildman–Crippen LogP) is 3.06. The molecule has 0 saturated heterocycles. The van der Waals surface area contributed by atoms with Crippen LogP contribution in [-0.2, 0) is 4.79 Å². The van der Waals surface area contributed by atoms with Crippen molar-refractivity contribution in [2.24, 2.45) is 5.41 Å². The van der Waals surface area contributed by atoms with E-state index in [1.54, 1.807) is 26.0 Å². The first-order chi connectivity index (χ1) is 6.58. The van der Waals surface area contributed by atoms with Gasteiger partial charge in [-0.25, -0.2) is 4.39 Å². The van der Waals surface area contributed by atoms with E-state index < -0.39 is 11.4 Å². The van der Waals surface area contributed by atoms with Gasteiger partial charge < -0.3 is 5.11 Å². The lowest BCUT2D eigenvalue weighted by molar-refractivity contribution is -0.141. The lowest BCUT2D eigenvalue weighted by atomic mass is 9.94. The van der Waals surface area contributed by atoms with Crippen LogP contribution in [0.15, 0.2) is 23.6 Å². The van der Waals surface area contributed by atoms with Crippen LogP contribution >= 0.6 is 0 Å². The van der Waals surface area contributed by atoms with E-state index >= 15 is 0 Å². The van der Waals surface area contributed by atoms with Gasteiger partial charge in [-0.3, -0.25) is 4.79 Å². The lowest BCUT2D eigenvalue weighted by Gasteiger charge is -2.12. The third-order valence-corrected chi connectivity index (χ3v) is 2.61. The first-order valence-corrected chi connectivity index (χ1v) is 4.83. The van der Waals surface area contributed by atoms with E-state index in [9.17, 15) is 9.18 Å². The Morgan fingerprint density at radius 1 is 1.57 bits per heavy atom. The van der Waals surface area contributed by atoms with E-state index in [2.05, 4.69) is 0 Å². The van der Waals surface area contributed by atoms with Crippen molar-refractivity contribution < 1.29 is 14.3 Å². The summed E-state index contributed by atoms with van der Waals surface area (Å²) < 4.78 is 13.4. The maximum atomic E-state index is 13.4. The van der Waals surface area contributed by atoms with Crippen LogP contribution in [0.4, 0.5) is 4.39 Å². The van der Waals surface area contributed by atoms with Crippen molar-refractivity contribution in [3.05, 3.63) is 23.6 Å². The number of allylic oxidation sites excluding steroid dienone is 3. The van der Waals surface area contributed by atoms with Gasteiger partial charge in [0, 0.05) is 5.57 Å².